The van der Waals surface area contributed by atoms with Crippen molar-refractivity contribution < 1.29 is 4.79 Å². The number of hydrogen-bond acceptors (Lipinski definition) is 4. The first-order valence-corrected chi connectivity index (χ1v) is 8.38. The summed E-state index contributed by atoms with van der Waals surface area (Å²) in [5.74, 6) is 0.385. The van der Waals surface area contributed by atoms with Gasteiger partial charge in [0.05, 0.1) is 5.92 Å². The molecule has 0 bridgehead atoms. The smallest absolute Gasteiger partial charge is 0.224 e. The van der Waals surface area contributed by atoms with Crippen molar-refractivity contribution in [3.8, 4) is 0 Å². The predicted octanol–water partition coefficient (Wildman–Crippen LogP) is 2.66. The highest BCUT2D eigenvalue weighted by Gasteiger charge is 2.26. The Hall–Kier alpha value is -0.940. The van der Waals surface area contributed by atoms with Crippen LogP contribution in [0.3, 0.4) is 0 Å². The number of carbonyl (C=O) groups is 1. The highest BCUT2D eigenvalue weighted by molar-refractivity contribution is 7.05. The number of aromatic nitrogens is 1. The van der Waals surface area contributed by atoms with Crippen molar-refractivity contribution in [2.75, 3.05) is 13.1 Å². The van der Waals surface area contributed by atoms with Crippen LogP contribution in [0.4, 0.5) is 0 Å². The van der Waals surface area contributed by atoms with E-state index < -0.39 is 0 Å². The summed E-state index contributed by atoms with van der Waals surface area (Å²) in [4.78, 5) is 15.9. The lowest BCUT2D eigenvalue weighted by Gasteiger charge is -2.32. The summed E-state index contributed by atoms with van der Waals surface area (Å²) in [6.07, 6.45) is 6.15. The maximum Gasteiger partial charge on any atom is 0.224 e. The van der Waals surface area contributed by atoms with E-state index in [2.05, 4.69) is 34.5 Å². The van der Waals surface area contributed by atoms with Crippen molar-refractivity contribution in [3.05, 3.63) is 17.1 Å². The molecular weight excluding hydrogens is 270 g/mol. The van der Waals surface area contributed by atoms with Gasteiger partial charge in [0, 0.05) is 30.2 Å². The summed E-state index contributed by atoms with van der Waals surface area (Å²) in [6.45, 7) is 7.15. The number of nitrogens with zero attached hydrogens (tertiary/aromatic N) is 2. The molecule has 1 aromatic heterocycles. The maximum absolute atomic E-state index is 12.3. The lowest BCUT2D eigenvalue weighted by atomic mass is 9.96. The monoisotopic (exact) mass is 295 g/mol. The fourth-order valence-corrected chi connectivity index (χ4v) is 3.44. The quantitative estimate of drug-likeness (QED) is 0.877. The highest BCUT2D eigenvalue weighted by Crippen LogP contribution is 2.20. The Labute approximate surface area is 125 Å². The van der Waals surface area contributed by atoms with Gasteiger partial charge >= 0.3 is 0 Å². The molecule has 1 amide bonds. The lowest BCUT2D eigenvalue weighted by molar-refractivity contribution is -0.127. The molecule has 4 nitrogen and oxygen atoms in total. The lowest BCUT2D eigenvalue weighted by Crippen LogP contribution is -2.44. The molecule has 1 saturated heterocycles. The first-order valence-electron chi connectivity index (χ1n) is 7.61. The Morgan fingerprint density at radius 1 is 1.65 bits per heavy atom. The van der Waals surface area contributed by atoms with Crippen molar-refractivity contribution in [1.82, 2.24) is 14.6 Å². The number of likely N-dealkylation sites (tertiary alicyclic amines) is 1. The molecule has 2 rings (SSSR count). The molecular formula is C15H25N3OS. The van der Waals surface area contributed by atoms with Gasteiger partial charge in [-0.15, -0.1) is 0 Å². The molecule has 112 valence electrons. The second-order valence-electron chi connectivity index (χ2n) is 5.75. The number of amides is 1. The number of hydrogen-bond donors (Lipinski definition) is 1. The molecule has 0 aromatic carbocycles. The van der Waals surface area contributed by atoms with Crippen LogP contribution < -0.4 is 5.32 Å². The topological polar surface area (TPSA) is 45.2 Å². The van der Waals surface area contributed by atoms with E-state index in [0.717, 1.165) is 45.3 Å². The number of rotatable bonds is 6. The van der Waals surface area contributed by atoms with Crippen LogP contribution in [-0.2, 0) is 11.3 Å². The van der Waals surface area contributed by atoms with Gasteiger partial charge in [-0.1, -0.05) is 13.3 Å². The summed E-state index contributed by atoms with van der Waals surface area (Å²) < 4.78 is 4.14. The first kappa shape index (κ1) is 15.4. The van der Waals surface area contributed by atoms with Crippen molar-refractivity contribution in [3.63, 3.8) is 0 Å². The van der Waals surface area contributed by atoms with Gasteiger partial charge in [0.15, 0.2) is 0 Å². The third kappa shape index (κ3) is 4.56. The summed E-state index contributed by atoms with van der Waals surface area (Å²) in [6, 6.07) is 2.36. The van der Waals surface area contributed by atoms with Crippen LogP contribution in [0.25, 0.3) is 0 Å². The average molecular weight is 295 g/mol. The van der Waals surface area contributed by atoms with E-state index >= 15 is 0 Å². The van der Waals surface area contributed by atoms with Crippen LogP contribution in [0.5, 0.6) is 0 Å². The molecule has 1 aliphatic heterocycles. The molecule has 1 N–H and O–H groups in total. The van der Waals surface area contributed by atoms with E-state index in [4.69, 9.17) is 0 Å². The van der Waals surface area contributed by atoms with Gasteiger partial charge < -0.3 is 5.32 Å². The largest absolute Gasteiger partial charge is 0.353 e. The Morgan fingerprint density at radius 2 is 2.50 bits per heavy atom. The van der Waals surface area contributed by atoms with Gasteiger partial charge in [0.25, 0.3) is 0 Å². The summed E-state index contributed by atoms with van der Waals surface area (Å²) in [5.41, 5.74) is 0. The molecule has 0 spiro atoms. The van der Waals surface area contributed by atoms with Gasteiger partial charge in [-0.3, -0.25) is 9.69 Å². The molecule has 20 heavy (non-hydrogen) atoms. The van der Waals surface area contributed by atoms with Gasteiger partial charge in [-0.2, -0.15) is 0 Å². The van der Waals surface area contributed by atoms with E-state index in [1.54, 1.807) is 11.5 Å². The van der Waals surface area contributed by atoms with E-state index in [-0.39, 0.29) is 11.8 Å². The predicted molar refractivity (Wildman–Crippen MR) is 82.6 cm³/mol. The first-order chi connectivity index (χ1) is 9.69. The molecule has 2 heterocycles. The average Bonchev–Trinajstić information content (AvgIpc) is 2.92. The van der Waals surface area contributed by atoms with Gasteiger partial charge in [0.1, 0.15) is 0 Å². The third-order valence-electron chi connectivity index (χ3n) is 3.86. The van der Waals surface area contributed by atoms with Crippen LogP contribution in [0.15, 0.2) is 12.3 Å². The van der Waals surface area contributed by atoms with Gasteiger partial charge in [-0.05, 0) is 50.3 Å². The van der Waals surface area contributed by atoms with Crippen LogP contribution in [-0.4, -0.2) is 34.3 Å². The number of piperidine rings is 1. The van der Waals surface area contributed by atoms with E-state index in [0.29, 0.717) is 6.04 Å². The summed E-state index contributed by atoms with van der Waals surface area (Å²) in [7, 11) is 0. The molecule has 1 fully saturated rings. The summed E-state index contributed by atoms with van der Waals surface area (Å²) >= 11 is 1.55. The Bertz CT molecular complexity index is 407. The molecule has 0 saturated carbocycles. The molecule has 0 aliphatic carbocycles. The zero-order valence-corrected chi connectivity index (χ0v) is 13.3. The Kier molecular flexibility index (Phi) is 5.98. The van der Waals surface area contributed by atoms with E-state index in [1.807, 2.05) is 6.20 Å². The number of carbonyl (C=O) groups excluding carboxylic acids is 1. The van der Waals surface area contributed by atoms with Gasteiger partial charge in [0.2, 0.25) is 5.91 Å². The minimum atomic E-state index is 0.149. The number of nitrogens with one attached hydrogen (secondary N) is 1. The molecule has 5 heteroatoms. The van der Waals surface area contributed by atoms with E-state index in [1.165, 1.54) is 4.88 Å². The Balaban J connectivity index is 1.81. The van der Waals surface area contributed by atoms with Crippen LogP contribution in [0, 0.1) is 5.92 Å². The van der Waals surface area contributed by atoms with Crippen molar-refractivity contribution >= 4 is 17.4 Å². The van der Waals surface area contributed by atoms with Crippen molar-refractivity contribution in [2.45, 2.75) is 52.1 Å². The molecule has 0 radical (unpaired) electrons. The normalized spacial score (nSPS) is 21.6. The van der Waals surface area contributed by atoms with Crippen LogP contribution in [0.2, 0.25) is 0 Å². The van der Waals surface area contributed by atoms with Gasteiger partial charge in [-0.25, -0.2) is 4.37 Å². The van der Waals surface area contributed by atoms with Crippen LogP contribution in [0.1, 0.15) is 44.4 Å². The van der Waals surface area contributed by atoms with E-state index in [9.17, 15) is 4.79 Å². The molecule has 2 atom stereocenters. The molecule has 0 unspecified atom stereocenters. The minimum absolute atomic E-state index is 0.149. The molecule has 1 aromatic rings. The fraction of sp³-hybridized carbons (Fsp3) is 0.733. The zero-order valence-electron chi connectivity index (χ0n) is 12.5. The van der Waals surface area contributed by atoms with Crippen LogP contribution >= 0.6 is 11.5 Å². The zero-order chi connectivity index (χ0) is 14.4. The standard InChI is InChI=1S/C15H25N3OS/c1-3-5-12(2)17-15(19)13-6-4-9-18(10-13)11-14-7-8-16-20-14/h7-8,12-13H,3-6,9-11H2,1-2H3,(H,17,19)/t12-,13+/m0/s1. The maximum atomic E-state index is 12.3. The summed E-state index contributed by atoms with van der Waals surface area (Å²) in [5, 5.41) is 3.15. The fourth-order valence-electron chi connectivity index (χ4n) is 2.82. The SMILES string of the molecule is CCC[C@H](C)NC(=O)[C@@H]1CCCN(Cc2ccns2)C1. The second kappa shape index (κ2) is 7.74. The minimum Gasteiger partial charge on any atom is -0.353 e. The van der Waals surface area contributed by atoms with Crippen molar-refractivity contribution in [2.24, 2.45) is 5.92 Å². The molecule has 1 aliphatic rings. The Morgan fingerprint density at radius 3 is 3.20 bits per heavy atom. The second-order valence-corrected chi connectivity index (χ2v) is 6.67. The third-order valence-corrected chi connectivity index (χ3v) is 4.58. The highest BCUT2D eigenvalue weighted by atomic mass is 32.1. The van der Waals surface area contributed by atoms with Crippen molar-refractivity contribution in [1.29, 1.82) is 0 Å².